The Morgan fingerprint density at radius 3 is 2.53 bits per heavy atom. The minimum atomic E-state index is -1.10. The van der Waals surface area contributed by atoms with Gasteiger partial charge in [0.25, 0.3) is 0 Å². The van der Waals surface area contributed by atoms with E-state index in [2.05, 4.69) is 24.6 Å². The molecule has 19 heavy (non-hydrogen) atoms. The van der Waals surface area contributed by atoms with Gasteiger partial charge in [0.1, 0.15) is 10.8 Å². The molecule has 0 saturated heterocycles. The third-order valence-electron chi connectivity index (χ3n) is 2.60. The molecular formula is C14H22N2OS2. The fourth-order valence-corrected chi connectivity index (χ4v) is 3.40. The second kappa shape index (κ2) is 6.76. The van der Waals surface area contributed by atoms with E-state index >= 15 is 0 Å². The van der Waals surface area contributed by atoms with Crippen LogP contribution >= 0.6 is 11.3 Å². The largest absolute Gasteiger partial charge is 0.598 e. The number of thiophene rings is 1. The topological polar surface area (TPSA) is 58.9 Å². The molecule has 1 N–H and O–H groups in total. The van der Waals surface area contributed by atoms with Crippen LogP contribution in [0.3, 0.4) is 0 Å². The van der Waals surface area contributed by atoms with E-state index in [0.29, 0.717) is 11.5 Å². The van der Waals surface area contributed by atoms with E-state index in [9.17, 15) is 4.55 Å². The van der Waals surface area contributed by atoms with Crippen LogP contribution in [0.15, 0.2) is 11.4 Å². The smallest absolute Gasteiger partial charge is 0.136 e. The maximum absolute atomic E-state index is 12.2. The van der Waals surface area contributed by atoms with Crippen LogP contribution in [-0.2, 0) is 11.4 Å². The normalized spacial score (nSPS) is 15.3. The molecule has 3 nitrogen and oxygen atoms in total. The average Bonchev–Trinajstić information content (AvgIpc) is 2.74. The van der Waals surface area contributed by atoms with Crippen LogP contribution in [0.5, 0.6) is 0 Å². The molecule has 0 fully saturated rings. The van der Waals surface area contributed by atoms with Crippen LogP contribution in [0, 0.1) is 17.2 Å². The van der Waals surface area contributed by atoms with Crippen LogP contribution in [-0.4, -0.2) is 9.30 Å². The molecule has 0 bridgehead atoms. The number of hydrogen-bond donors (Lipinski definition) is 1. The van der Waals surface area contributed by atoms with Gasteiger partial charge >= 0.3 is 0 Å². The minimum absolute atomic E-state index is 0.0483. The molecule has 0 amide bonds. The van der Waals surface area contributed by atoms with Gasteiger partial charge < -0.3 is 4.55 Å². The molecule has 0 saturated carbocycles. The summed E-state index contributed by atoms with van der Waals surface area (Å²) in [5.74, 6) is 0.502. The van der Waals surface area contributed by atoms with Crippen molar-refractivity contribution in [1.82, 2.24) is 4.72 Å². The number of rotatable bonds is 5. The zero-order chi connectivity index (χ0) is 14.6. The fraction of sp³-hybridized carbons (Fsp3) is 0.643. The van der Waals surface area contributed by atoms with Gasteiger partial charge in [-0.05, 0) is 39.2 Å². The lowest BCUT2D eigenvalue weighted by atomic mass is 10.0. The Morgan fingerprint density at radius 2 is 2.11 bits per heavy atom. The lowest BCUT2D eigenvalue weighted by molar-refractivity contribution is 0.466. The van der Waals surface area contributed by atoms with E-state index in [1.54, 1.807) is 11.3 Å². The Morgan fingerprint density at radius 1 is 1.47 bits per heavy atom. The van der Waals surface area contributed by atoms with Gasteiger partial charge in [0.05, 0.1) is 11.6 Å². The third-order valence-corrected chi connectivity index (χ3v) is 5.26. The Hall–Kier alpha value is -0.540. The Kier molecular flexibility index (Phi) is 5.87. The Labute approximate surface area is 123 Å². The molecule has 0 aliphatic heterocycles. The summed E-state index contributed by atoms with van der Waals surface area (Å²) in [4.78, 5) is 1.09. The highest BCUT2D eigenvalue weighted by Gasteiger charge is 2.30. The molecular weight excluding hydrogens is 276 g/mol. The van der Waals surface area contributed by atoms with Gasteiger partial charge in [0.2, 0.25) is 0 Å². The van der Waals surface area contributed by atoms with Crippen molar-refractivity contribution in [2.75, 3.05) is 0 Å². The predicted octanol–water partition coefficient (Wildman–Crippen LogP) is 3.76. The van der Waals surface area contributed by atoms with Crippen LogP contribution in [0.1, 0.15) is 57.5 Å². The van der Waals surface area contributed by atoms with Crippen molar-refractivity contribution < 1.29 is 4.55 Å². The lowest BCUT2D eigenvalue weighted by Gasteiger charge is -2.28. The highest BCUT2D eigenvalue weighted by atomic mass is 32.2. The van der Waals surface area contributed by atoms with E-state index in [4.69, 9.17) is 5.26 Å². The van der Waals surface area contributed by atoms with Gasteiger partial charge in [-0.3, -0.25) is 0 Å². The standard InChI is InChI=1S/C14H22N2OS2/c1-10(2)6-12(16-19(17)14(3,4)5)13-7-11(8-15)9-18-13/h7,9-10,12,16H,6H2,1-5H3/t12-,19-/m0/s1. The molecule has 1 heterocycles. The molecule has 0 aliphatic rings. The monoisotopic (exact) mass is 298 g/mol. The van der Waals surface area contributed by atoms with E-state index in [1.807, 2.05) is 32.2 Å². The molecule has 0 radical (unpaired) electrons. The number of nitrogens with zero attached hydrogens (tertiary/aromatic N) is 1. The number of nitrogens with one attached hydrogen (secondary N) is 1. The molecule has 106 valence electrons. The molecule has 1 rings (SSSR count). The van der Waals surface area contributed by atoms with Crippen molar-refractivity contribution in [2.24, 2.45) is 5.92 Å². The maximum atomic E-state index is 12.2. The molecule has 0 aliphatic carbocycles. The van der Waals surface area contributed by atoms with Crippen molar-refractivity contribution in [2.45, 2.75) is 51.8 Å². The first-order chi connectivity index (χ1) is 8.74. The van der Waals surface area contributed by atoms with Crippen molar-refractivity contribution in [1.29, 1.82) is 5.26 Å². The van der Waals surface area contributed by atoms with E-state index < -0.39 is 11.4 Å². The van der Waals surface area contributed by atoms with Crippen LogP contribution in [0.4, 0.5) is 0 Å². The first kappa shape index (κ1) is 16.5. The van der Waals surface area contributed by atoms with Crippen molar-refractivity contribution >= 4 is 22.7 Å². The molecule has 1 aromatic heterocycles. The summed E-state index contributed by atoms with van der Waals surface area (Å²) in [5, 5.41) is 10.8. The molecule has 5 heteroatoms. The molecule has 1 aromatic rings. The second-order valence-corrected chi connectivity index (χ2v) is 8.97. The van der Waals surface area contributed by atoms with Gasteiger partial charge in [-0.2, -0.15) is 5.26 Å². The summed E-state index contributed by atoms with van der Waals surface area (Å²) in [6.45, 7) is 10.2. The zero-order valence-electron chi connectivity index (χ0n) is 12.2. The minimum Gasteiger partial charge on any atom is -0.598 e. The number of nitriles is 1. The van der Waals surface area contributed by atoms with Gasteiger partial charge in [-0.25, -0.2) is 0 Å². The second-order valence-electron chi connectivity index (χ2n) is 6.03. The van der Waals surface area contributed by atoms with Crippen molar-refractivity contribution in [3.05, 3.63) is 21.9 Å². The molecule has 0 unspecified atom stereocenters. The van der Waals surface area contributed by atoms with Gasteiger partial charge in [0, 0.05) is 21.6 Å². The first-order valence-corrected chi connectivity index (χ1v) is 8.43. The summed E-state index contributed by atoms with van der Waals surface area (Å²) in [6.07, 6.45) is 0.910. The van der Waals surface area contributed by atoms with Crippen LogP contribution in [0.2, 0.25) is 0 Å². The summed E-state index contributed by atoms with van der Waals surface area (Å²) in [7, 11) is 0. The zero-order valence-corrected chi connectivity index (χ0v) is 13.8. The summed E-state index contributed by atoms with van der Waals surface area (Å²) < 4.78 is 15.2. The highest BCUT2D eigenvalue weighted by Crippen LogP contribution is 2.29. The van der Waals surface area contributed by atoms with Crippen LogP contribution in [0.25, 0.3) is 0 Å². The maximum Gasteiger partial charge on any atom is 0.136 e. The lowest BCUT2D eigenvalue weighted by Crippen LogP contribution is -2.41. The first-order valence-electron chi connectivity index (χ1n) is 6.40. The van der Waals surface area contributed by atoms with Gasteiger partial charge in [-0.15, -0.1) is 16.1 Å². The Bertz CT molecular complexity index is 443. The quantitative estimate of drug-likeness (QED) is 0.842. The van der Waals surface area contributed by atoms with Crippen molar-refractivity contribution in [3.63, 3.8) is 0 Å². The average molecular weight is 298 g/mol. The van der Waals surface area contributed by atoms with Crippen molar-refractivity contribution in [3.8, 4) is 6.07 Å². The summed E-state index contributed by atoms with van der Waals surface area (Å²) in [6, 6.07) is 4.09. The molecule has 2 atom stereocenters. The third kappa shape index (κ3) is 5.15. The Balaban J connectivity index is 2.86. The predicted molar refractivity (Wildman–Crippen MR) is 82.3 cm³/mol. The molecule has 0 aromatic carbocycles. The number of hydrogen-bond acceptors (Lipinski definition) is 4. The van der Waals surface area contributed by atoms with E-state index in [1.165, 1.54) is 0 Å². The van der Waals surface area contributed by atoms with Gasteiger partial charge in [-0.1, -0.05) is 13.8 Å². The fourth-order valence-electron chi connectivity index (χ4n) is 1.59. The summed E-state index contributed by atoms with van der Waals surface area (Å²) in [5.41, 5.74) is 0.678. The van der Waals surface area contributed by atoms with Gasteiger partial charge in [0.15, 0.2) is 0 Å². The summed E-state index contributed by atoms with van der Waals surface area (Å²) >= 11 is 0.454. The van der Waals surface area contributed by atoms with E-state index in [0.717, 1.165) is 11.3 Å². The van der Waals surface area contributed by atoms with E-state index in [-0.39, 0.29) is 10.8 Å². The van der Waals surface area contributed by atoms with Crippen LogP contribution < -0.4 is 4.72 Å². The highest BCUT2D eigenvalue weighted by molar-refractivity contribution is 7.90. The SMILES string of the molecule is CC(C)C[C@H](N[S@@+]([O-])C(C)(C)C)c1cc(C#N)cs1. The molecule has 0 spiro atoms.